The second-order valence-corrected chi connectivity index (χ2v) is 10.00. The fourth-order valence-electron chi connectivity index (χ4n) is 4.52. The summed E-state index contributed by atoms with van der Waals surface area (Å²) >= 11 is 1.85. The fourth-order valence-corrected chi connectivity index (χ4v) is 5.57. The van der Waals surface area contributed by atoms with E-state index in [1.54, 1.807) is 0 Å². The molecule has 4 aromatic rings. The Morgan fingerprint density at radius 2 is 1.86 bits per heavy atom. The first-order valence-corrected chi connectivity index (χ1v) is 12.6. The van der Waals surface area contributed by atoms with Gasteiger partial charge >= 0.3 is 0 Å². The molecular formula is C30H27N3OS. The van der Waals surface area contributed by atoms with Gasteiger partial charge in [0.15, 0.2) is 0 Å². The Morgan fingerprint density at radius 3 is 2.60 bits per heavy atom. The number of hydrogen-bond acceptors (Lipinski definition) is 5. The number of aryl methyl sites for hydroxylation is 2. The normalized spacial score (nSPS) is 13.4. The van der Waals surface area contributed by atoms with Crippen LogP contribution < -0.4 is 4.74 Å². The minimum atomic E-state index is 0.0837. The van der Waals surface area contributed by atoms with Crippen molar-refractivity contribution < 1.29 is 4.74 Å². The molecule has 5 heteroatoms. The van der Waals surface area contributed by atoms with E-state index >= 15 is 0 Å². The molecule has 1 aromatic heterocycles. The summed E-state index contributed by atoms with van der Waals surface area (Å²) < 4.78 is 7.47. The van der Waals surface area contributed by atoms with Crippen molar-refractivity contribution in [3.05, 3.63) is 88.3 Å². The standard InChI is InChI=1S/C30H27N3OS/c1-4-7-24(17-25-18-31-33-32-25)23-11-13-26(14-12-23)34-19-22-10-15-29-28(16-22)30(21(3)35-29)27-9-6-5-8-20(27)2/h5-6,8-16,24H,17-19H2,1-3H3/t24-/m0/s1. The molecule has 0 saturated heterocycles. The minimum Gasteiger partial charge on any atom is -0.489 e. The molecule has 1 aliphatic rings. The second-order valence-electron chi connectivity index (χ2n) is 8.74. The van der Waals surface area contributed by atoms with E-state index < -0.39 is 0 Å². The van der Waals surface area contributed by atoms with Crippen molar-refractivity contribution in [2.75, 3.05) is 6.54 Å². The second kappa shape index (κ2) is 10.2. The summed E-state index contributed by atoms with van der Waals surface area (Å²) in [5.74, 6) is 7.26. The number of ether oxygens (including phenoxy) is 1. The number of nitrogens with zero attached hydrogens (tertiary/aromatic N) is 3. The van der Waals surface area contributed by atoms with Crippen LogP contribution in [0.15, 0.2) is 82.2 Å². The number of benzene rings is 3. The monoisotopic (exact) mass is 477 g/mol. The quantitative estimate of drug-likeness (QED) is 0.248. The first-order valence-electron chi connectivity index (χ1n) is 11.8. The van der Waals surface area contributed by atoms with Gasteiger partial charge in [-0.15, -0.1) is 22.4 Å². The molecule has 0 amide bonds. The van der Waals surface area contributed by atoms with Crippen molar-refractivity contribution >= 4 is 27.1 Å². The van der Waals surface area contributed by atoms with Crippen LogP contribution in [0.5, 0.6) is 5.75 Å². The Morgan fingerprint density at radius 1 is 1.03 bits per heavy atom. The minimum absolute atomic E-state index is 0.0837. The Bertz CT molecular complexity index is 1490. The molecule has 3 aromatic carbocycles. The highest BCUT2D eigenvalue weighted by Gasteiger charge is 2.16. The van der Waals surface area contributed by atoms with Crippen molar-refractivity contribution in [3.63, 3.8) is 0 Å². The van der Waals surface area contributed by atoms with Gasteiger partial charge in [0, 0.05) is 26.9 Å². The summed E-state index contributed by atoms with van der Waals surface area (Å²) in [5.41, 5.74) is 7.23. The van der Waals surface area contributed by atoms with Gasteiger partial charge in [0.1, 0.15) is 18.9 Å². The molecule has 0 bridgehead atoms. The Kier molecular flexibility index (Phi) is 6.74. The molecule has 174 valence electrons. The third kappa shape index (κ3) is 5.03. The largest absolute Gasteiger partial charge is 0.489 e. The highest BCUT2D eigenvalue weighted by atomic mass is 32.1. The molecule has 0 radical (unpaired) electrons. The van der Waals surface area contributed by atoms with Gasteiger partial charge in [0.25, 0.3) is 0 Å². The van der Waals surface area contributed by atoms with Crippen LogP contribution in [0, 0.1) is 25.7 Å². The van der Waals surface area contributed by atoms with Gasteiger partial charge < -0.3 is 4.74 Å². The summed E-state index contributed by atoms with van der Waals surface area (Å²) in [6, 6.07) is 23.5. The molecule has 0 fully saturated rings. The number of rotatable bonds is 7. The molecule has 0 saturated carbocycles. The third-order valence-corrected chi connectivity index (χ3v) is 7.38. The highest BCUT2D eigenvalue weighted by Crippen LogP contribution is 2.40. The van der Waals surface area contributed by atoms with Gasteiger partial charge in [-0.25, -0.2) is 0 Å². The molecule has 1 aliphatic heterocycles. The molecule has 4 nitrogen and oxygen atoms in total. The number of thiophene rings is 1. The van der Waals surface area contributed by atoms with Crippen LogP contribution in [0.1, 0.15) is 40.8 Å². The van der Waals surface area contributed by atoms with Crippen molar-refractivity contribution in [3.8, 4) is 28.7 Å². The predicted octanol–water partition coefficient (Wildman–Crippen LogP) is 8.08. The predicted molar refractivity (Wildman–Crippen MR) is 145 cm³/mol. The van der Waals surface area contributed by atoms with Crippen molar-refractivity contribution in [2.45, 2.75) is 39.7 Å². The lowest BCUT2D eigenvalue weighted by atomic mass is 9.94. The number of fused-ring (bicyclic) bond motifs is 1. The molecule has 1 atom stereocenters. The van der Waals surface area contributed by atoms with Crippen molar-refractivity contribution in [2.24, 2.45) is 15.4 Å². The maximum absolute atomic E-state index is 6.16. The van der Waals surface area contributed by atoms with Crippen LogP contribution in [0.3, 0.4) is 0 Å². The first kappa shape index (κ1) is 23.0. The van der Waals surface area contributed by atoms with E-state index in [-0.39, 0.29) is 5.92 Å². The molecule has 2 heterocycles. The van der Waals surface area contributed by atoms with Crippen molar-refractivity contribution in [1.82, 2.24) is 0 Å². The number of hydrogen-bond donors (Lipinski definition) is 0. The van der Waals surface area contributed by atoms with Gasteiger partial charge in [0.05, 0.1) is 11.6 Å². The van der Waals surface area contributed by atoms with E-state index in [9.17, 15) is 0 Å². The lowest BCUT2D eigenvalue weighted by molar-refractivity contribution is 0.306. The topological polar surface area (TPSA) is 46.3 Å². The molecule has 0 spiro atoms. The average Bonchev–Trinajstić information content (AvgIpc) is 3.50. The summed E-state index contributed by atoms with van der Waals surface area (Å²) in [6.07, 6.45) is 0.747. The SMILES string of the molecule is CC#C[C@@H](CC1=NN=NC1)c1ccc(OCc2ccc3sc(C)c(-c4ccccc4C)c3c2)cc1. The molecule has 5 rings (SSSR count). The van der Waals surface area contributed by atoms with Crippen LogP contribution in [0.25, 0.3) is 21.2 Å². The zero-order chi connectivity index (χ0) is 24.2. The fraction of sp³-hybridized carbons (Fsp3) is 0.233. The Balaban J connectivity index is 1.32. The Labute approximate surface area is 210 Å². The van der Waals surface area contributed by atoms with E-state index in [1.807, 2.05) is 30.4 Å². The average molecular weight is 478 g/mol. The highest BCUT2D eigenvalue weighted by molar-refractivity contribution is 7.19. The molecular weight excluding hydrogens is 450 g/mol. The van der Waals surface area contributed by atoms with Crippen LogP contribution in [0.4, 0.5) is 0 Å². The maximum Gasteiger partial charge on any atom is 0.119 e. The lowest BCUT2D eigenvalue weighted by Gasteiger charge is -2.12. The third-order valence-electron chi connectivity index (χ3n) is 6.29. The zero-order valence-electron chi connectivity index (χ0n) is 20.2. The summed E-state index contributed by atoms with van der Waals surface area (Å²) in [5, 5.41) is 13.1. The van der Waals surface area contributed by atoms with Gasteiger partial charge in [-0.1, -0.05) is 48.4 Å². The van der Waals surface area contributed by atoms with Crippen LogP contribution >= 0.6 is 11.3 Å². The summed E-state index contributed by atoms with van der Waals surface area (Å²) in [7, 11) is 0. The molecule has 0 aliphatic carbocycles. The van der Waals surface area contributed by atoms with Gasteiger partial charge in [-0.05, 0) is 72.5 Å². The first-order chi connectivity index (χ1) is 17.1. The van der Waals surface area contributed by atoms with E-state index in [0.29, 0.717) is 13.2 Å². The Hall–Kier alpha value is -3.75. The smallest absolute Gasteiger partial charge is 0.119 e. The summed E-state index contributed by atoms with van der Waals surface area (Å²) in [6.45, 7) is 7.35. The summed E-state index contributed by atoms with van der Waals surface area (Å²) in [4.78, 5) is 1.35. The van der Waals surface area contributed by atoms with E-state index in [4.69, 9.17) is 4.74 Å². The van der Waals surface area contributed by atoms with E-state index in [0.717, 1.165) is 29.0 Å². The van der Waals surface area contributed by atoms with Gasteiger partial charge in [-0.3, -0.25) is 0 Å². The zero-order valence-corrected chi connectivity index (χ0v) is 21.0. The molecule has 35 heavy (non-hydrogen) atoms. The maximum atomic E-state index is 6.16. The van der Waals surface area contributed by atoms with E-state index in [2.05, 4.69) is 95.7 Å². The van der Waals surface area contributed by atoms with E-state index in [1.165, 1.54) is 31.7 Å². The van der Waals surface area contributed by atoms with Crippen LogP contribution in [0.2, 0.25) is 0 Å². The lowest BCUT2D eigenvalue weighted by Crippen LogP contribution is -2.07. The van der Waals surface area contributed by atoms with Crippen LogP contribution in [-0.4, -0.2) is 12.3 Å². The van der Waals surface area contributed by atoms with Crippen molar-refractivity contribution in [1.29, 1.82) is 0 Å². The van der Waals surface area contributed by atoms with Gasteiger partial charge in [-0.2, -0.15) is 5.11 Å². The van der Waals surface area contributed by atoms with Gasteiger partial charge in [0.2, 0.25) is 0 Å². The van der Waals surface area contributed by atoms with Crippen LogP contribution in [-0.2, 0) is 6.61 Å². The molecule has 0 N–H and O–H groups in total. The molecule has 0 unspecified atom stereocenters.